The van der Waals surface area contributed by atoms with E-state index in [0.29, 0.717) is 32.5 Å². The molecule has 3 aromatic carbocycles. The van der Waals surface area contributed by atoms with E-state index in [1.165, 1.54) is 26.3 Å². The van der Waals surface area contributed by atoms with Gasteiger partial charge in [-0.3, -0.25) is 4.57 Å². The minimum atomic E-state index is -4.10. The molecule has 13 heteroatoms. The number of nitrogens with zero attached hydrogens (tertiary/aromatic N) is 4. The second-order valence-corrected chi connectivity index (χ2v) is 16.0. The van der Waals surface area contributed by atoms with E-state index in [0.717, 1.165) is 46.0 Å². The van der Waals surface area contributed by atoms with Crippen molar-refractivity contribution in [1.29, 1.82) is 0 Å². The first kappa shape index (κ1) is 35.8. The highest BCUT2D eigenvalue weighted by Crippen LogP contribution is 2.39. The quantitative estimate of drug-likeness (QED) is 0.109. The molecule has 0 fully saturated rings. The summed E-state index contributed by atoms with van der Waals surface area (Å²) in [5, 5.41) is 0.864. The maximum absolute atomic E-state index is 15.4. The number of hydrogen-bond donors (Lipinski definition) is 0. The lowest BCUT2D eigenvalue weighted by molar-refractivity contribution is -0.870. The van der Waals surface area contributed by atoms with E-state index in [4.69, 9.17) is 16.3 Å². The Bertz CT molecular complexity index is 1780. The molecule has 0 saturated carbocycles. The molecule has 0 saturated heterocycles. The number of quaternary nitrogens is 1. The fourth-order valence-electron chi connectivity index (χ4n) is 4.98. The molecule has 0 atom stereocenters. The van der Waals surface area contributed by atoms with Gasteiger partial charge in [0.25, 0.3) is 0 Å². The molecule has 4 rings (SSSR count). The topological polar surface area (TPSA) is 64.4 Å². The lowest BCUT2D eigenvalue weighted by Crippen LogP contribution is -2.38. The van der Waals surface area contributed by atoms with Crippen molar-refractivity contribution in [2.24, 2.45) is 0 Å². The van der Waals surface area contributed by atoms with Crippen molar-refractivity contribution in [1.82, 2.24) is 13.9 Å². The van der Waals surface area contributed by atoms with Crippen LogP contribution in [0.25, 0.3) is 5.69 Å². The third kappa shape index (κ3) is 7.91. The van der Waals surface area contributed by atoms with Crippen LogP contribution in [0.4, 0.5) is 13.2 Å². The average Bonchev–Trinajstić information content (AvgIpc) is 3.41. The Kier molecular flexibility index (Phi) is 10.9. The van der Waals surface area contributed by atoms with Gasteiger partial charge in [-0.25, -0.2) is 30.9 Å². The number of benzene rings is 3. The molecule has 7 nitrogen and oxygen atoms in total. The van der Waals surface area contributed by atoms with Crippen molar-refractivity contribution in [2.75, 3.05) is 48.4 Å². The molecule has 0 spiro atoms. The predicted molar refractivity (Wildman–Crippen MR) is 177 cm³/mol. The lowest BCUT2D eigenvalue weighted by atomic mass is 9.81. The van der Waals surface area contributed by atoms with Crippen LogP contribution < -0.4 is 4.74 Å². The number of imidazole rings is 1. The normalized spacial score (nSPS) is 12.6. The average molecular weight is 696 g/mol. The summed E-state index contributed by atoms with van der Waals surface area (Å²) in [5.41, 5.74) is 1.24. The van der Waals surface area contributed by atoms with Gasteiger partial charge < -0.3 is 9.22 Å². The van der Waals surface area contributed by atoms with Crippen molar-refractivity contribution in [2.45, 2.75) is 41.5 Å². The Balaban J connectivity index is 1.66. The van der Waals surface area contributed by atoms with Gasteiger partial charge in [-0.2, -0.15) is 0 Å². The van der Waals surface area contributed by atoms with Crippen molar-refractivity contribution >= 4 is 33.4 Å². The highest BCUT2D eigenvalue weighted by molar-refractivity contribution is 7.98. The molecule has 0 aliphatic heterocycles. The van der Waals surface area contributed by atoms with E-state index in [1.54, 1.807) is 24.4 Å². The van der Waals surface area contributed by atoms with Crippen LogP contribution in [0.1, 0.15) is 37.1 Å². The Hall–Kier alpha value is -3.03. The van der Waals surface area contributed by atoms with Gasteiger partial charge in [-0.05, 0) is 54.1 Å². The maximum atomic E-state index is 15.4. The van der Waals surface area contributed by atoms with Crippen LogP contribution in [-0.2, 0) is 21.2 Å². The van der Waals surface area contributed by atoms with Gasteiger partial charge >= 0.3 is 0 Å². The third-order valence-corrected chi connectivity index (χ3v) is 10.9. The van der Waals surface area contributed by atoms with Crippen LogP contribution in [0.2, 0.25) is 5.02 Å². The summed E-state index contributed by atoms with van der Waals surface area (Å²) in [5.74, 6) is -2.04. The van der Waals surface area contributed by atoms with Gasteiger partial charge in [-0.1, -0.05) is 43.3 Å². The first-order chi connectivity index (χ1) is 21.5. The number of thioether (sulfide) groups is 1. The fourth-order valence-corrected chi connectivity index (χ4v) is 7.42. The number of halogens is 4. The zero-order chi connectivity index (χ0) is 34.0. The molecule has 0 N–H and O–H groups in total. The molecule has 0 unspecified atom stereocenters. The standard InChI is InChI=1S/C33H39ClF3N4O3S2/c1-33(2,22-9-14-27(34)30(17-22)44-7)31-20-38-32(40(31)24-12-10-23(35)11-13-24)45-21-26-28(36)18-25(19-29(26)37)46(42,43)39(3)15-8-16-41(4,5)6/h9-14,17-20H,8,15-16,21H2,1-7H3/q+1. The highest BCUT2D eigenvalue weighted by atomic mass is 35.5. The summed E-state index contributed by atoms with van der Waals surface area (Å²) in [4.78, 5) is 4.15. The van der Waals surface area contributed by atoms with Crippen LogP contribution in [0.5, 0.6) is 5.75 Å². The molecule has 248 valence electrons. The van der Waals surface area contributed by atoms with Gasteiger partial charge in [0.2, 0.25) is 10.0 Å². The van der Waals surface area contributed by atoms with Gasteiger partial charge in [0.05, 0.1) is 56.6 Å². The minimum absolute atomic E-state index is 0.176. The summed E-state index contributed by atoms with van der Waals surface area (Å²) in [6.07, 6.45) is 2.26. The first-order valence-electron chi connectivity index (χ1n) is 14.5. The van der Waals surface area contributed by atoms with Gasteiger partial charge in [0.15, 0.2) is 5.16 Å². The van der Waals surface area contributed by atoms with E-state index in [1.807, 2.05) is 51.7 Å². The number of ether oxygens (including phenoxy) is 1. The third-order valence-electron chi connectivity index (χ3n) is 7.80. The predicted octanol–water partition coefficient (Wildman–Crippen LogP) is 7.29. The largest absolute Gasteiger partial charge is 0.495 e. The van der Waals surface area contributed by atoms with E-state index in [9.17, 15) is 12.8 Å². The van der Waals surface area contributed by atoms with E-state index in [2.05, 4.69) is 4.98 Å². The van der Waals surface area contributed by atoms with Crippen LogP contribution in [-0.4, -0.2) is 75.1 Å². The Labute approximate surface area is 278 Å². The first-order valence-corrected chi connectivity index (χ1v) is 17.3. The van der Waals surface area contributed by atoms with Crippen LogP contribution in [0.3, 0.4) is 0 Å². The molecular weight excluding hydrogens is 657 g/mol. The summed E-state index contributed by atoms with van der Waals surface area (Å²) in [6.45, 7) is 4.92. The number of rotatable bonds is 13. The molecule has 0 radical (unpaired) electrons. The molecule has 1 heterocycles. The summed E-state index contributed by atoms with van der Waals surface area (Å²) in [6, 6.07) is 13.0. The fraction of sp³-hybridized carbons (Fsp3) is 0.364. The molecule has 4 aromatic rings. The molecule has 0 aliphatic carbocycles. The molecule has 0 amide bonds. The Morgan fingerprint density at radius 1 is 1.02 bits per heavy atom. The number of methoxy groups -OCH3 is 1. The van der Waals surface area contributed by atoms with Gasteiger partial charge in [-0.15, -0.1) is 0 Å². The van der Waals surface area contributed by atoms with Crippen molar-refractivity contribution in [3.8, 4) is 11.4 Å². The SMILES string of the molecule is COc1cc(C(C)(C)c2cnc(SCc3c(F)cc(S(=O)(=O)N(C)CCC[N+](C)(C)C)cc3F)n2-c2ccc(F)cc2)ccc1Cl. The minimum Gasteiger partial charge on any atom is -0.495 e. The Morgan fingerprint density at radius 2 is 1.65 bits per heavy atom. The smallest absolute Gasteiger partial charge is 0.243 e. The summed E-state index contributed by atoms with van der Waals surface area (Å²) in [7, 11) is 4.83. The highest BCUT2D eigenvalue weighted by Gasteiger charge is 2.31. The molecular formula is C33H39ClF3N4O3S2+. The van der Waals surface area contributed by atoms with Gasteiger partial charge in [0, 0.05) is 42.4 Å². The van der Waals surface area contributed by atoms with Crippen LogP contribution >= 0.6 is 23.4 Å². The number of aromatic nitrogens is 2. The molecule has 0 aliphatic rings. The van der Waals surface area contributed by atoms with Crippen molar-refractivity contribution < 1.29 is 30.8 Å². The number of hydrogen-bond acceptors (Lipinski definition) is 5. The molecule has 46 heavy (non-hydrogen) atoms. The van der Waals surface area contributed by atoms with E-state index in [-0.39, 0.29) is 17.9 Å². The number of sulfonamides is 1. The monoisotopic (exact) mass is 695 g/mol. The second kappa shape index (κ2) is 14.0. The maximum Gasteiger partial charge on any atom is 0.243 e. The summed E-state index contributed by atoms with van der Waals surface area (Å²) < 4.78 is 79.9. The molecule has 1 aromatic heterocycles. The van der Waals surface area contributed by atoms with E-state index >= 15 is 8.78 Å². The lowest BCUT2D eigenvalue weighted by Gasteiger charge is -2.28. The van der Waals surface area contributed by atoms with Gasteiger partial charge in [0.1, 0.15) is 23.2 Å². The van der Waals surface area contributed by atoms with Crippen molar-refractivity contribution in [3.63, 3.8) is 0 Å². The molecule has 0 bridgehead atoms. The van der Waals surface area contributed by atoms with Crippen LogP contribution in [0.15, 0.2) is 70.8 Å². The summed E-state index contributed by atoms with van der Waals surface area (Å²) >= 11 is 7.34. The van der Waals surface area contributed by atoms with Crippen molar-refractivity contribution in [3.05, 3.63) is 100 Å². The van der Waals surface area contributed by atoms with E-state index < -0.39 is 37.8 Å². The Morgan fingerprint density at radius 3 is 2.24 bits per heavy atom. The van der Waals surface area contributed by atoms with Crippen LogP contribution in [0, 0.1) is 17.5 Å². The zero-order valence-corrected chi connectivity index (χ0v) is 29.3. The zero-order valence-electron chi connectivity index (χ0n) is 26.9. The second-order valence-electron chi connectivity index (χ2n) is 12.6.